The first-order valence-corrected chi connectivity index (χ1v) is 10.2. The van der Waals surface area contributed by atoms with E-state index in [4.69, 9.17) is 4.74 Å². The fourth-order valence-corrected chi connectivity index (χ4v) is 3.77. The summed E-state index contributed by atoms with van der Waals surface area (Å²) in [6, 6.07) is -2.09. The van der Waals surface area contributed by atoms with E-state index in [1.807, 2.05) is 0 Å². The molecule has 0 saturated carbocycles. The third-order valence-electron chi connectivity index (χ3n) is 5.17. The van der Waals surface area contributed by atoms with E-state index in [1.165, 1.54) is 12.0 Å². The predicted octanol–water partition coefficient (Wildman–Crippen LogP) is 1.44. The molecule has 0 radical (unpaired) electrons. The fourth-order valence-electron chi connectivity index (χ4n) is 3.77. The lowest BCUT2D eigenvalue weighted by Gasteiger charge is -2.38. The second-order valence-corrected chi connectivity index (χ2v) is 8.63. The topological polar surface area (TPSA) is 105 Å². The Labute approximate surface area is 172 Å². The molecule has 2 heterocycles. The summed E-state index contributed by atoms with van der Waals surface area (Å²) in [5.74, 6) is -1.16. The highest BCUT2D eigenvalue weighted by Gasteiger charge is 2.42. The summed E-state index contributed by atoms with van der Waals surface area (Å²) in [6.07, 6.45) is 2.87. The average Bonchev–Trinajstić information content (AvgIpc) is 3.15. The van der Waals surface area contributed by atoms with Crippen molar-refractivity contribution in [2.24, 2.45) is 0 Å². The second kappa shape index (κ2) is 9.45. The van der Waals surface area contributed by atoms with Gasteiger partial charge in [-0.2, -0.15) is 0 Å². The molecule has 0 aromatic carbocycles. The summed E-state index contributed by atoms with van der Waals surface area (Å²) in [6.45, 7) is 7.79. The highest BCUT2D eigenvalue weighted by molar-refractivity contribution is 5.93. The van der Waals surface area contributed by atoms with Gasteiger partial charge in [0, 0.05) is 13.1 Å². The number of hydrogen-bond acceptors (Lipinski definition) is 6. The Morgan fingerprint density at radius 1 is 0.966 bits per heavy atom. The lowest BCUT2D eigenvalue weighted by molar-refractivity contribution is -0.148. The first-order chi connectivity index (χ1) is 13.5. The van der Waals surface area contributed by atoms with Crippen LogP contribution >= 0.6 is 0 Å². The summed E-state index contributed by atoms with van der Waals surface area (Å²) in [5.41, 5.74) is -0.648. The number of hydrogen-bond donors (Lipinski definition) is 1. The SMILES string of the molecule is COC(=O)[C@H](C)NC(=O)C1CCCCN1C(=O)[C@@H]1CCCN1C(=O)OC(C)(C)C. The van der Waals surface area contributed by atoms with Crippen LogP contribution in [-0.4, -0.2) is 77.6 Å². The Morgan fingerprint density at radius 2 is 1.59 bits per heavy atom. The van der Waals surface area contributed by atoms with E-state index < -0.39 is 35.8 Å². The van der Waals surface area contributed by atoms with Gasteiger partial charge in [-0.25, -0.2) is 9.59 Å². The Hall–Kier alpha value is -2.32. The number of methoxy groups -OCH3 is 1. The molecule has 29 heavy (non-hydrogen) atoms. The van der Waals surface area contributed by atoms with Gasteiger partial charge >= 0.3 is 12.1 Å². The molecule has 0 aromatic heterocycles. The van der Waals surface area contributed by atoms with Gasteiger partial charge in [-0.1, -0.05) is 0 Å². The lowest BCUT2D eigenvalue weighted by atomic mass is 9.99. The maximum atomic E-state index is 13.3. The van der Waals surface area contributed by atoms with Crippen LogP contribution in [0.2, 0.25) is 0 Å². The highest BCUT2D eigenvalue weighted by Crippen LogP contribution is 2.26. The molecule has 1 N–H and O–H groups in total. The van der Waals surface area contributed by atoms with Crippen molar-refractivity contribution in [3.8, 4) is 0 Å². The number of ether oxygens (including phenoxy) is 2. The molecule has 2 rings (SSSR count). The van der Waals surface area contributed by atoms with Crippen LogP contribution in [0.25, 0.3) is 0 Å². The number of carbonyl (C=O) groups is 4. The zero-order valence-corrected chi connectivity index (χ0v) is 18.0. The van der Waals surface area contributed by atoms with Crippen molar-refractivity contribution in [3.63, 3.8) is 0 Å². The minimum atomic E-state index is -0.795. The number of rotatable bonds is 4. The smallest absolute Gasteiger partial charge is 0.410 e. The van der Waals surface area contributed by atoms with E-state index in [1.54, 1.807) is 32.6 Å². The fraction of sp³-hybridized carbons (Fsp3) is 0.800. The zero-order valence-electron chi connectivity index (χ0n) is 18.0. The second-order valence-electron chi connectivity index (χ2n) is 8.63. The van der Waals surface area contributed by atoms with E-state index in [0.717, 1.165) is 12.8 Å². The maximum Gasteiger partial charge on any atom is 0.410 e. The Bertz CT molecular complexity index is 645. The van der Waals surface area contributed by atoms with E-state index >= 15 is 0 Å². The molecular weight excluding hydrogens is 378 g/mol. The molecule has 2 aliphatic rings. The summed E-state index contributed by atoms with van der Waals surface area (Å²) in [7, 11) is 1.26. The number of piperidine rings is 1. The molecular formula is C20H33N3O6. The molecule has 164 valence electrons. The molecule has 0 bridgehead atoms. The number of amides is 3. The van der Waals surface area contributed by atoms with Gasteiger partial charge in [0.15, 0.2) is 0 Å². The molecule has 0 spiro atoms. The first kappa shape index (κ1) is 23.0. The predicted molar refractivity (Wildman–Crippen MR) is 105 cm³/mol. The van der Waals surface area contributed by atoms with Gasteiger partial charge in [0.1, 0.15) is 23.7 Å². The maximum absolute atomic E-state index is 13.3. The number of likely N-dealkylation sites (tertiary alicyclic amines) is 2. The highest BCUT2D eigenvalue weighted by atomic mass is 16.6. The molecule has 2 aliphatic heterocycles. The van der Waals surface area contributed by atoms with Crippen LogP contribution in [0.15, 0.2) is 0 Å². The Balaban J connectivity index is 2.10. The van der Waals surface area contributed by atoms with Crippen molar-refractivity contribution >= 4 is 23.9 Å². The molecule has 3 atom stereocenters. The van der Waals surface area contributed by atoms with E-state index in [-0.39, 0.29) is 11.8 Å². The van der Waals surface area contributed by atoms with Gasteiger partial charge in [-0.15, -0.1) is 0 Å². The first-order valence-electron chi connectivity index (χ1n) is 10.2. The van der Waals surface area contributed by atoms with Crippen molar-refractivity contribution < 1.29 is 28.7 Å². The van der Waals surface area contributed by atoms with Gasteiger partial charge in [0.05, 0.1) is 7.11 Å². The van der Waals surface area contributed by atoms with Gasteiger partial charge in [-0.05, 0) is 59.8 Å². The molecule has 9 nitrogen and oxygen atoms in total. The van der Waals surface area contributed by atoms with E-state index in [2.05, 4.69) is 10.1 Å². The summed E-state index contributed by atoms with van der Waals surface area (Å²) in [5, 5.41) is 2.63. The molecule has 0 aliphatic carbocycles. The minimum absolute atomic E-state index is 0.237. The number of nitrogens with zero attached hydrogens (tertiary/aromatic N) is 2. The summed E-state index contributed by atoms with van der Waals surface area (Å²) < 4.78 is 10.1. The van der Waals surface area contributed by atoms with E-state index in [9.17, 15) is 19.2 Å². The largest absolute Gasteiger partial charge is 0.467 e. The van der Waals surface area contributed by atoms with Crippen molar-refractivity contribution in [1.29, 1.82) is 0 Å². The van der Waals surface area contributed by atoms with Crippen molar-refractivity contribution in [2.75, 3.05) is 20.2 Å². The van der Waals surface area contributed by atoms with Crippen LogP contribution in [0, 0.1) is 0 Å². The Morgan fingerprint density at radius 3 is 2.21 bits per heavy atom. The molecule has 2 fully saturated rings. The summed E-state index contributed by atoms with van der Waals surface area (Å²) in [4.78, 5) is 53.2. The van der Waals surface area contributed by atoms with E-state index in [0.29, 0.717) is 32.4 Å². The van der Waals surface area contributed by atoms with Crippen LogP contribution in [0.5, 0.6) is 0 Å². The van der Waals surface area contributed by atoms with Crippen molar-refractivity contribution in [2.45, 2.75) is 83.5 Å². The van der Waals surface area contributed by atoms with Crippen molar-refractivity contribution in [1.82, 2.24) is 15.1 Å². The van der Waals surface area contributed by atoms with Gasteiger partial charge in [-0.3, -0.25) is 14.5 Å². The zero-order chi connectivity index (χ0) is 21.8. The monoisotopic (exact) mass is 411 g/mol. The Kier molecular flexibility index (Phi) is 7.48. The standard InChI is InChI=1S/C20H33N3O6/c1-13(18(26)28-5)21-16(24)14-9-6-7-11-22(14)17(25)15-10-8-12-23(15)19(27)29-20(2,3)4/h13-15H,6-12H2,1-5H3,(H,21,24)/t13-,14?,15-/m0/s1. The van der Waals surface area contributed by atoms with Gasteiger partial charge in [0.25, 0.3) is 0 Å². The number of carbonyl (C=O) groups excluding carboxylic acids is 4. The van der Waals surface area contributed by atoms with Gasteiger partial charge < -0.3 is 19.7 Å². The normalized spacial score (nSPS) is 23.3. The van der Waals surface area contributed by atoms with Crippen LogP contribution in [0.1, 0.15) is 59.8 Å². The molecule has 3 amide bonds. The number of esters is 1. The third kappa shape index (κ3) is 5.83. The molecule has 9 heteroatoms. The van der Waals surface area contributed by atoms with Gasteiger partial charge in [0.2, 0.25) is 11.8 Å². The molecule has 0 aromatic rings. The minimum Gasteiger partial charge on any atom is -0.467 e. The quantitative estimate of drug-likeness (QED) is 0.702. The van der Waals surface area contributed by atoms with Crippen LogP contribution in [0.3, 0.4) is 0 Å². The van der Waals surface area contributed by atoms with Crippen molar-refractivity contribution in [3.05, 3.63) is 0 Å². The number of nitrogens with one attached hydrogen (secondary N) is 1. The molecule has 2 saturated heterocycles. The van der Waals surface area contributed by atoms with Crippen LogP contribution in [0.4, 0.5) is 4.79 Å². The lowest BCUT2D eigenvalue weighted by Crippen LogP contribution is -2.58. The van der Waals surface area contributed by atoms with Crippen LogP contribution in [-0.2, 0) is 23.9 Å². The average molecular weight is 411 g/mol. The van der Waals surface area contributed by atoms with Crippen LogP contribution < -0.4 is 5.32 Å². The molecule has 1 unspecified atom stereocenters. The summed E-state index contributed by atoms with van der Waals surface area (Å²) >= 11 is 0. The third-order valence-corrected chi connectivity index (χ3v) is 5.17.